The summed E-state index contributed by atoms with van der Waals surface area (Å²) in [5.41, 5.74) is 2.32. The summed E-state index contributed by atoms with van der Waals surface area (Å²) < 4.78 is 34.6. The first-order valence-corrected chi connectivity index (χ1v) is 13.6. The second-order valence-corrected chi connectivity index (χ2v) is 10.8. The van der Waals surface area contributed by atoms with Crippen molar-refractivity contribution >= 4 is 44.8 Å². The summed E-state index contributed by atoms with van der Waals surface area (Å²) in [6.07, 6.45) is 0.127. The summed E-state index contributed by atoms with van der Waals surface area (Å²) in [6, 6.07) is 28.8. The SMILES string of the molecule is O=C(Nc1ccc(OCc2ccccc2)cc1)[C@H](Cc1ccccc1)NS(=O)(=O)c1cc(Cl)ccc1Cl. The molecule has 0 aromatic heterocycles. The largest absolute Gasteiger partial charge is 0.489 e. The monoisotopic (exact) mass is 554 g/mol. The molecule has 0 radical (unpaired) electrons. The van der Waals surface area contributed by atoms with E-state index in [0.29, 0.717) is 18.0 Å². The number of rotatable bonds is 10. The minimum atomic E-state index is -4.16. The molecule has 0 saturated carbocycles. The van der Waals surface area contributed by atoms with Crippen molar-refractivity contribution in [1.82, 2.24) is 4.72 Å². The van der Waals surface area contributed by atoms with Gasteiger partial charge < -0.3 is 10.1 Å². The minimum Gasteiger partial charge on any atom is -0.489 e. The van der Waals surface area contributed by atoms with Crippen molar-refractivity contribution in [2.45, 2.75) is 24.0 Å². The van der Waals surface area contributed by atoms with Crippen LogP contribution in [0.1, 0.15) is 11.1 Å². The first kappa shape index (κ1) is 26.7. The van der Waals surface area contributed by atoms with Gasteiger partial charge in [-0.15, -0.1) is 0 Å². The number of halogens is 2. The third kappa shape index (κ3) is 7.57. The predicted octanol–water partition coefficient (Wildman–Crippen LogP) is 6.10. The topological polar surface area (TPSA) is 84.5 Å². The zero-order valence-corrected chi connectivity index (χ0v) is 21.9. The molecule has 6 nitrogen and oxygen atoms in total. The number of hydrogen-bond acceptors (Lipinski definition) is 4. The second-order valence-electron chi connectivity index (χ2n) is 8.23. The van der Waals surface area contributed by atoms with Crippen LogP contribution < -0.4 is 14.8 Å². The fourth-order valence-electron chi connectivity index (χ4n) is 3.58. The lowest BCUT2D eigenvalue weighted by Crippen LogP contribution is -2.45. The third-order valence-electron chi connectivity index (χ3n) is 5.45. The van der Waals surface area contributed by atoms with Crippen LogP contribution in [0.5, 0.6) is 5.75 Å². The predicted molar refractivity (Wildman–Crippen MR) is 147 cm³/mol. The molecule has 4 aromatic carbocycles. The molecule has 0 aliphatic rings. The van der Waals surface area contributed by atoms with Gasteiger partial charge in [-0.1, -0.05) is 83.9 Å². The van der Waals surface area contributed by atoms with Crippen LogP contribution in [0.2, 0.25) is 10.0 Å². The van der Waals surface area contributed by atoms with Crippen LogP contribution in [0.15, 0.2) is 108 Å². The Morgan fingerprint density at radius 2 is 1.43 bits per heavy atom. The van der Waals surface area contributed by atoms with E-state index in [4.69, 9.17) is 27.9 Å². The summed E-state index contributed by atoms with van der Waals surface area (Å²) in [4.78, 5) is 13.0. The molecule has 0 heterocycles. The molecule has 4 aromatic rings. The van der Waals surface area contributed by atoms with Crippen LogP contribution in [0.4, 0.5) is 5.69 Å². The Balaban J connectivity index is 1.49. The zero-order valence-electron chi connectivity index (χ0n) is 19.6. The first-order chi connectivity index (χ1) is 17.8. The molecule has 0 spiro atoms. The van der Waals surface area contributed by atoms with E-state index >= 15 is 0 Å². The van der Waals surface area contributed by atoms with Gasteiger partial charge in [-0.2, -0.15) is 4.72 Å². The van der Waals surface area contributed by atoms with E-state index in [-0.39, 0.29) is 21.4 Å². The van der Waals surface area contributed by atoms with E-state index in [1.807, 2.05) is 60.7 Å². The van der Waals surface area contributed by atoms with Crippen LogP contribution in [0.3, 0.4) is 0 Å². The van der Waals surface area contributed by atoms with Crippen molar-refractivity contribution in [1.29, 1.82) is 0 Å². The van der Waals surface area contributed by atoms with E-state index in [1.165, 1.54) is 18.2 Å². The van der Waals surface area contributed by atoms with Crippen molar-refractivity contribution in [2.24, 2.45) is 0 Å². The van der Waals surface area contributed by atoms with Gasteiger partial charge in [0.25, 0.3) is 0 Å². The van der Waals surface area contributed by atoms with Gasteiger partial charge in [0.05, 0.1) is 5.02 Å². The number of amides is 1. The molecule has 37 heavy (non-hydrogen) atoms. The number of carbonyl (C=O) groups excluding carboxylic acids is 1. The van der Waals surface area contributed by atoms with Gasteiger partial charge in [-0.3, -0.25) is 4.79 Å². The second kappa shape index (κ2) is 12.3. The summed E-state index contributed by atoms with van der Waals surface area (Å²) in [5, 5.41) is 3.00. The van der Waals surface area contributed by atoms with E-state index in [0.717, 1.165) is 11.1 Å². The summed E-state index contributed by atoms with van der Waals surface area (Å²) in [6.45, 7) is 0.416. The maximum atomic E-state index is 13.2. The molecule has 9 heteroatoms. The third-order valence-corrected chi connectivity index (χ3v) is 7.64. The molecule has 4 rings (SSSR count). The number of hydrogen-bond donors (Lipinski definition) is 2. The van der Waals surface area contributed by atoms with Gasteiger partial charge in [0.15, 0.2) is 0 Å². The van der Waals surface area contributed by atoms with Gasteiger partial charge in [-0.25, -0.2) is 8.42 Å². The Labute approximate surface area is 226 Å². The highest BCUT2D eigenvalue weighted by atomic mass is 35.5. The molecule has 0 bridgehead atoms. The van der Waals surface area contributed by atoms with Gasteiger partial charge in [0, 0.05) is 10.7 Å². The molecule has 190 valence electrons. The van der Waals surface area contributed by atoms with Crippen LogP contribution >= 0.6 is 23.2 Å². The van der Waals surface area contributed by atoms with E-state index in [2.05, 4.69) is 10.0 Å². The van der Waals surface area contributed by atoms with Crippen LogP contribution in [-0.2, 0) is 27.8 Å². The zero-order chi connectivity index (χ0) is 26.3. The maximum Gasteiger partial charge on any atom is 0.242 e. The molecule has 0 unspecified atom stereocenters. The Kier molecular flexibility index (Phi) is 8.84. The van der Waals surface area contributed by atoms with Crippen LogP contribution in [0, 0.1) is 0 Å². The molecular weight excluding hydrogens is 531 g/mol. The van der Waals surface area contributed by atoms with Crippen LogP contribution in [-0.4, -0.2) is 20.4 Å². The van der Waals surface area contributed by atoms with Crippen molar-refractivity contribution in [2.75, 3.05) is 5.32 Å². The smallest absolute Gasteiger partial charge is 0.242 e. The highest BCUT2D eigenvalue weighted by Gasteiger charge is 2.28. The highest BCUT2D eigenvalue weighted by molar-refractivity contribution is 7.89. The molecule has 2 N–H and O–H groups in total. The minimum absolute atomic E-state index is 0.00172. The Morgan fingerprint density at radius 1 is 0.811 bits per heavy atom. The molecule has 1 amide bonds. The normalized spacial score (nSPS) is 12.1. The molecule has 0 aliphatic carbocycles. The molecular formula is C28H24Cl2N2O4S. The maximum absolute atomic E-state index is 13.2. The van der Waals surface area contributed by atoms with Gasteiger partial charge in [0.1, 0.15) is 23.3 Å². The number of sulfonamides is 1. The lowest BCUT2D eigenvalue weighted by Gasteiger charge is -2.19. The number of benzene rings is 4. The number of carbonyl (C=O) groups is 1. The average molecular weight is 555 g/mol. The summed E-state index contributed by atoms with van der Waals surface area (Å²) in [5.74, 6) is 0.113. The van der Waals surface area contributed by atoms with Gasteiger partial charge in [0.2, 0.25) is 15.9 Å². The Bertz CT molecular complexity index is 1450. The quantitative estimate of drug-likeness (QED) is 0.248. The highest BCUT2D eigenvalue weighted by Crippen LogP contribution is 2.25. The van der Waals surface area contributed by atoms with Gasteiger partial charge >= 0.3 is 0 Å². The molecule has 0 saturated heterocycles. The molecule has 0 fully saturated rings. The fraction of sp³-hybridized carbons (Fsp3) is 0.107. The van der Waals surface area contributed by atoms with Crippen molar-refractivity contribution in [3.8, 4) is 5.75 Å². The first-order valence-electron chi connectivity index (χ1n) is 11.4. The summed E-state index contributed by atoms with van der Waals surface area (Å²) >= 11 is 12.1. The summed E-state index contributed by atoms with van der Waals surface area (Å²) in [7, 11) is -4.16. The Hall–Kier alpha value is -3.36. The molecule has 0 aliphatic heterocycles. The van der Waals surface area contributed by atoms with Crippen molar-refractivity contribution in [3.05, 3.63) is 124 Å². The van der Waals surface area contributed by atoms with Gasteiger partial charge in [-0.05, 0) is 60.0 Å². The van der Waals surface area contributed by atoms with Crippen molar-refractivity contribution < 1.29 is 17.9 Å². The number of ether oxygens (including phenoxy) is 1. The van der Waals surface area contributed by atoms with Crippen molar-refractivity contribution in [3.63, 3.8) is 0 Å². The average Bonchev–Trinajstić information content (AvgIpc) is 2.90. The van der Waals surface area contributed by atoms with E-state index in [9.17, 15) is 13.2 Å². The van der Waals surface area contributed by atoms with E-state index in [1.54, 1.807) is 24.3 Å². The number of nitrogens with one attached hydrogen (secondary N) is 2. The lowest BCUT2D eigenvalue weighted by atomic mass is 10.1. The van der Waals surface area contributed by atoms with E-state index < -0.39 is 22.0 Å². The Morgan fingerprint density at radius 3 is 2.08 bits per heavy atom. The fourth-order valence-corrected chi connectivity index (χ4v) is 5.53. The number of anilines is 1. The lowest BCUT2D eigenvalue weighted by molar-refractivity contribution is -0.117. The standard InChI is InChI=1S/C28H24Cl2N2O4S/c29-22-11-16-25(30)27(18-22)37(34,35)32-26(17-20-7-3-1-4-8-20)28(33)31-23-12-14-24(15-13-23)36-19-21-9-5-2-6-10-21/h1-16,18,26,32H,17,19H2,(H,31,33)/t26-/m0/s1. The van der Waals surface area contributed by atoms with Crippen LogP contribution in [0.25, 0.3) is 0 Å². The molecule has 1 atom stereocenters.